The van der Waals surface area contributed by atoms with E-state index in [0.29, 0.717) is 0 Å². The Bertz CT molecular complexity index is 1080. The van der Waals surface area contributed by atoms with Gasteiger partial charge >= 0.3 is 5.97 Å². The van der Waals surface area contributed by atoms with Crippen molar-refractivity contribution in [1.29, 1.82) is 0 Å². The SMILES string of the molecule is CN(C)S(=O)(=O)c1cc(C(=O)OCc2ccc(-n3cccn3)cc2)ccc1Cl. The molecule has 7 nitrogen and oxygen atoms in total. The topological polar surface area (TPSA) is 81.5 Å². The summed E-state index contributed by atoms with van der Waals surface area (Å²) in [5, 5.41) is 4.19. The highest BCUT2D eigenvalue weighted by atomic mass is 35.5. The van der Waals surface area contributed by atoms with Gasteiger partial charge in [-0.3, -0.25) is 0 Å². The lowest BCUT2D eigenvalue weighted by atomic mass is 10.2. The third kappa shape index (κ3) is 4.24. The number of esters is 1. The van der Waals surface area contributed by atoms with Crippen molar-refractivity contribution in [3.63, 3.8) is 0 Å². The van der Waals surface area contributed by atoms with Crippen LogP contribution in [-0.4, -0.2) is 42.6 Å². The first-order chi connectivity index (χ1) is 13.3. The van der Waals surface area contributed by atoms with Gasteiger partial charge < -0.3 is 4.74 Å². The molecule has 0 saturated carbocycles. The number of aromatic nitrogens is 2. The summed E-state index contributed by atoms with van der Waals surface area (Å²) < 4.78 is 32.7. The molecule has 0 bridgehead atoms. The number of rotatable bonds is 6. The van der Waals surface area contributed by atoms with Crippen molar-refractivity contribution in [2.45, 2.75) is 11.5 Å². The van der Waals surface area contributed by atoms with E-state index in [-0.39, 0.29) is 22.1 Å². The maximum Gasteiger partial charge on any atom is 0.338 e. The molecule has 146 valence electrons. The molecule has 9 heteroatoms. The van der Waals surface area contributed by atoms with Gasteiger partial charge in [0.25, 0.3) is 0 Å². The Morgan fingerprint density at radius 2 is 1.89 bits per heavy atom. The average Bonchev–Trinajstić information content (AvgIpc) is 3.21. The lowest BCUT2D eigenvalue weighted by Gasteiger charge is -2.13. The molecular formula is C19H18ClN3O4S. The fourth-order valence-electron chi connectivity index (χ4n) is 2.42. The Morgan fingerprint density at radius 1 is 1.18 bits per heavy atom. The number of halogens is 1. The molecule has 0 saturated heterocycles. The first kappa shape index (κ1) is 20.1. The van der Waals surface area contributed by atoms with Crippen molar-refractivity contribution in [2.24, 2.45) is 0 Å². The highest BCUT2D eigenvalue weighted by Gasteiger charge is 2.22. The lowest BCUT2D eigenvalue weighted by molar-refractivity contribution is 0.0472. The molecule has 0 radical (unpaired) electrons. The maximum absolute atomic E-state index is 12.3. The van der Waals surface area contributed by atoms with Crippen molar-refractivity contribution in [3.8, 4) is 5.69 Å². The molecule has 0 spiro atoms. The number of ether oxygens (including phenoxy) is 1. The highest BCUT2D eigenvalue weighted by molar-refractivity contribution is 7.89. The second-order valence-corrected chi connectivity index (χ2v) is 8.65. The molecule has 0 fully saturated rings. The number of sulfonamides is 1. The van der Waals surface area contributed by atoms with E-state index in [0.717, 1.165) is 15.6 Å². The van der Waals surface area contributed by atoms with Gasteiger partial charge in [0.15, 0.2) is 0 Å². The zero-order chi connectivity index (χ0) is 20.3. The van der Waals surface area contributed by atoms with E-state index in [9.17, 15) is 13.2 Å². The van der Waals surface area contributed by atoms with Crippen LogP contribution in [-0.2, 0) is 21.4 Å². The first-order valence-corrected chi connectivity index (χ1v) is 10.1. The number of hydrogen-bond acceptors (Lipinski definition) is 5. The van der Waals surface area contributed by atoms with E-state index in [1.165, 1.54) is 32.3 Å². The van der Waals surface area contributed by atoms with E-state index < -0.39 is 16.0 Å². The summed E-state index contributed by atoms with van der Waals surface area (Å²) in [6.07, 6.45) is 3.52. The van der Waals surface area contributed by atoms with Gasteiger partial charge in [0.1, 0.15) is 11.5 Å². The predicted molar refractivity (Wildman–Crippen MR) is 105 cm³/mol. The Balaban J connectivity index is 1.72. The summed E-state index contributed by atoms with van der Waals surface area (Å²) in [6, 6.07) is 13.2. The summed E-state index contributed by atoms with van der Waals surface area (Å²) in [5.41, 5.74) is 1.79. The average molecular weight is 420 g/mol. The second kappa shape index (κ2) is 8.14. The molecule has 0 atom stereocenters. The van der Waals surface area contributed by atoms with Gasteiger partial charge in [-0.15, -0.1) is 0 Å². The molecule has 0 amide bonds. The van der Waals surface area contributed by atoms with Crippen molar-refractivity contribution in [2.75, 3.05) is 14.1 Å². The molecule has 28 heavy (non-hydrogen) atoms. The summed E-state index contributed by atoms with van der Waals surface area (Å²) in [7, 11) is -0.987. The fraction of sp³-hybridized carbons (Fsp3) is 0.158. The summed E-state index contributed by atoms with van der Waals surface area (Å²) in [5.74, 6) is -0.636. The predicted octanol–water partition coefficient (Wildman–Crippen LogP) is 3.13. The van der Waals surface area contributed by atoms with Crippen molar-refractivity contribution < 1.29 is 17.9 Å². The van der Waals surface area contributed by atoms with Gasteiger partial charge in [-0.2, -0.15) is 5.10 Å². The fourth-order valence-corrected chi connectivity index (χ4v) is 3.82. The van der Waals surface area contributed by atoms with E-state index >= 15 is 0 Å². The normalized spacial score (nSPS) is 11.6. The number of hydrogen-bond donors (Lipinski definition) is 0. The van der Waals surface area contributed by atoms with Gasteiger partial charge in [0.2, 0.25) is 10.0 Å². The molecule has 1 aromatic heterocycles. The van der Waals surface area contributed by atoms with Crippen LogP contribution in [0.25, 0.3) is 5.69 Å². The largest absolute Gasteiger partial charge is 0.457 e. The van der Waals surface area contributed by atoms with Crippen LogP contribution in [0.4, 0.5) is 0 Å². The van der Waals surface area contributed by atoms with Crippen LogP contribution in [0.1, 0.15) is 15.9 Å². The van der Waals surface area contributed by atoms with Crippen LogP contribution in [0.3, 0.4) is 0 Å². The molecule has 0 aliphatic rings. The standard InChI is InChI=1S/C19H18ClN3O4S/c1-22(2)28(25,26)18-12-15(6-9-17(18)20)19(24)27-13-14-4-7-16(8-5-14)23-11-3-10-21-23/h3-12H,13H2,1-2H3. The van der Waals surface area contributed by atoms with E-state index in [4.69, 9.17) is 16.3 Å². The third-order valence-electron chi connectivity index (χ3n) is 4.00. The van der Waals surface area contributed by atoms with E-state index in [2.05, 4.69) is 5.10 Å². The highest BCUT2D eigenvalue weighted by Crippen LogP contribution is 2.25. The molecule has 1 heterocycles. The zero-order valence-corrected chi connectivity index (χ0v) is 16.8. The second-order valence-electron chi connectivity index (χ2n) is 6.13. The van der Waals surface area contributed by atoms with Gasteiger partial charge in [-0.05, 0) is 42.0 Å². The summed E-state index contributed by atoms with van der Waals surface area (Å²) in [6.45, 7) is 0.0522. The van der Waals surface area contributed by atoms with Crippen LogP contribution >= 0.6 is 11.6 Å². The van der Waals surface area contributed by atoms with Gasteiger partial charge in [-0.25, -0.2) is 22.2 Å². The Kier molecular flexibility index (Phi) is 5.83. The minimum absolute atomic E-state index is 0.0412. The number of carbonyl (C=O) groups is 1. The minimum atomic E-state index is -3.77. The Hall–Kier alpha value is -2.68. The minimum Gasteiger partial charge on any atom is -0.457 e. The molecule has 3 rings (SSSR count). The summed E-state index contributed by atoms with van der Waals surface area (Å²) >= 11 is 5.99. The van der Waals surface area contributed by atoms with Crippen LogP contribution in [0.2, 0.25) is 5.02 Å². The molecular weight excluding hydrogens is 402 g/mol. The van der Waals surface area contributed by atoms with Gasteiger partial charge in [-0.1, -0.05) is 23.7 Å². The third-order valence-corrected chi connectivity index (χ3v) is 6.30. The Labute approximate surface area is 168 Å². The summed E-state index contributed by atoms with van der Waals surface area (Å²) in [4.78, 5) is 12.2. The Morgan fingerprint density at radius 3 is 2.50 bits per heavy atom. The van der Waals surface area contributed by atoms with E-state index in [1.807, 2.05) is 36.5 Å². The quantitative estimate of drug-likeness (QED) is 0.573. The van der Waals surface area contributed by atoms with Crippen LogP contribution in [0.15, 0.2) is 65.8 Å². The van der Waals surface area contributed by atoms with E-state index in [1.54, 1.807) is 10.9 Å². The molecule has 3 aromatic rings. The number of nitrogens with zero attached hydrogens (tertiary/aromatic N) is 3. The van der Waals surface area contributed by atoms with Gasteiger partial charge in [0, 0.05) is 26.5 Å². The van der Waals surface area contributed by atoms with Crippen molar-refractivity contribution in [3.05, 3.63) is 77.1 Å². The van der Waals surface area contributed by atoms with Gasteiger partial charge in [0.05, 0.1) is 16.3 Å². The number of carbonyl (C=O) groups excluding carboxylic acids is 1. The van der Waals surface area contributed by atoms with Crippen molar-refractivity contribution in [1.82, 2.24) is 14.1 Å². The zero-order valence-electron chi connectivity index (χ0n) is 15.2. The maximum atomic E-state index is 12.3. The molecule has 0 aliphatic carbocycles. The van der Waals surface area contributed by atoms with Crippen LogP contribution in [0.5, 0.6) is 0 Å². The molecule has 0 aliphatic heterocycles. The monoisotopic (exact) mass is 419 g/mol. The lowest BCUT2D eigenvalue weighted by Crippen LogP contribution is -2.23. The first-order valence-electron chi connectivity index (χ1n) is 8.27. The number of benzene rings is 2. The molecule has 0 N–H and O–H groups in total. The molecule has 2 aromatic carbocycles. The van der Waals surface area contributed by atoms with Crippen molar-refractivity contribution >= 4 is 27.6 Å². The molecule has 0 unspecified atom stereocenters. The van der Waals surface area contributed by atoms with Crippen LogP contribution in [0, 0.1) is 0 Å². The smallest absolute Gasteiger partial charge is 0.338 e. The van der Waals surface area contributed by atoms with Crippen LogP contribution < -0.4 is 0 Å².